The predicted molar refractivity (Wildman–Crippen MR) is 135 cm³/mol. The second-order valence-electron chi connectivity index (χ2n) is 8.47. The van der Waals surface area contributed by atoms with E-state index in [1.165, 1.54) is 0 Å². The predicted octanol–water partition coefficient (Wildman–Crippen LogP) is 4.04. The molecule has 0 saturated carbocycles. The third kappa shape index (κ3) is 4.10. The molecule has 0 bridgehead atoms. The molecule has 35 heavy (non-hydrogen) atoms. The third-order valence-electron chi connectivity index (χ3n) is 6.33. The van der Waals surface area contributed by atoms with Crippen LogP contribution in [0, 0.1) is 0 Å². The molecule has 8 nitrogen and oxygen atoms in total. The topological polar surface area (TPSA) is 90.9 Å². The summed E-state index contributed by atoms with van der Waals surface area (Å²) in [6, 6.07) is 21.8. The van der Waals surface area contributed by atoms with Gasteiger partial charge in [0.05, 0.1) is 5.69 Å². The molecule has 0 aliphatic carbocycles. The monoisotopic (exact) mass is 461 g/mol. The number of hydrogen-bond acceptors (Lipinski definition) is 6. The van der Waals surface area contributed by atoms with Gasteiger partial charge < -0.3 is 14.8 Å². The van der Waals surface area contributed by atoms with Crippen LogP contribution < -0.4 is 4.90 Å². The summed E-state index contributed by atoms with van der Waals surface area (Å²) in [5.41, 5.74) is 4.82. The van der Waals surface area contributed by atoms with Gasteiger partial charge in [-0.1, -0.05) is 36.4 Å². The number of H-pyrrole nitrogens is 1. The van der Waals surface area contributed by atoms with Crippen molar-refractivity contribution in [3.8, 4) is 22.4 Å². The summed E-state index contributed by atoms with van der Waals surface area (Å²) >= 11 is 0. The quantitative estimate of drug-likeness (QED) is 0.434. The summed E-state index contributed by atoms with van der Waals surface area (Å²) in [5, 5.41) is 9.98. The van der Waals surface area contributed by atoms with Crippen LogP contribution in [0.15, 0.2) is 85.3 Å². The molecule has 172 valence electrons. The Kier molecular flexibility index (Phi) is 5.38. The van der Waals surface area contributed by atoms with Gasteiger partial charge in [0.25, 0.3) is 5.91 Å². The van der Waals surface area contributed by atoms with E-state index in [0.29, 0.717) is 37.8 Å². The van der Waals surface area contributed by atoms with Crippen molar-refractivity contribution in [1.82, 2.24) is 30.0 Å². The van der Waals surface area contributed by atoms with Crippen LogP contribution >= 0.6 is 0 Å². The van der Waals surface area contributed by atoms with Crippen molar-refractivity contribution in [2.45, 2.75) is 0 Å². The molecule has 1 aliphatic heterocycles. The van der Waals surface area contributed by atoms with Gasteiger partial charge >= 0.3 is 0 Å². The number of anilines is 1. The van der Waals surface area contributed by atoms with E-state index in [9.17, 15) is 4.79 Å². The highest BCUT2D eigenvalue weighted by atomic mass is 16.2. The summed E-state index contributed by atoms with van der Waals surface area (Å²) < 4.78 is 0. The van der Waals surface area contributed by atoms with E-state index in [1.54, 1.807) is 18.5 Å². The Morgan fingerprint density at radius 3 is 2.40 bits per heavy atom. The molecule has 1 N–H and O–H groups in total. The van der Waals surface area contributed by atoms with Crippen molar-refractivity contribution in [3.63, 3.8) is 0 Å². The second-order valence-corrected chi connectivity index (χ2v) is 8.47. The van der Waals surface area contributed by atoms with E-state index in [-0.39, 0.29) is 5.91 Å². The van der Waals surface area contributed by atoms with Crippen molar-refractivity contribution >= 4 is 22.8 Å². The van der Waals surface area contributed by atoms with Crippen molar-refractivity contribution in [1.29, 1.82) is 0 Å². The Balaban J connectivity index is 1.34. The SMILES string of the molecule is O=C(c1nnc(-c2ccccc2)cc1-c1ccc2[nH]ccc2c1)N1CCN(c2ncccn2)CC1. The normalized spacial score (nSPS) is 13.8. The Morgan fingerprint density at radius 2 is 1.60 bits per heavy atom. The van der Waals surface area contributed by atoms with Gasteiger partial charge in [0.15, 0.2) is 5.69 Å². The maximum absolute atomic E-state index is 13.7. The molecule has 3 aromatic heterocycles. The summed E-state index contributed by atoms with van der Waals surface area (Å²) in [4.78, 5) is 29.5. The van der Waals surface area contributed by atoms with Gasteiger partial charge in [0, 0.05) is 61.4 Å². The Bertz CT molecular complexity index is 1480. The third-order valence-corrected chi connectivity index (χ3v) is 6.33. The van der Waals surface area contributed by atoms with Crippen LogP contribution in [0.4, 0.5) is 5.95 Å². The lowest BCUT2D eigenvalue weighted by atomic mass is 9.99. The number of aromatic nitrogens is 5. The summed E-state index contributed by atoms with van der Waals surface area (Å²) in [6.45, 7) is 2.46. The van der Waals surface area contributed by atoms with E-state index in [0.717, 1.165) is 33.3 Å². The molecule has 0 spiro atoms. The van der Waals surface area contributed by atoms with Crippen LogP contribution in [-0.4, -0.2) is 62.1 Å². The smallest absolute Gasteiger partial charge is 0.275 e. The minimum atomic E-state index is -0.116. The number of hydrogen-bond donors (Lipinski definition) is 1. The van der Waals surface area contributed by atoms with Crippen molar-refractivity contribution < 1.29 is 4.79 Å². The van der Waals surface area contributed by atoms with Gasteiger partial charge in [-0.25, -0.2) is 9.97 Å². The molecule has 1 aliphatic rings. The molecule has 0 atom stereocenters. The fourth-order valence-electron chi connectivity index (χ4n) is 4.45. The summed E-state index contributed by atoms with van der Waals surface area (Å²) in [5.74, 6) is 0.571. The van der Waals surface area contributed by atoms with Crippen LogP contribution in [0.2, 0.25) is 0 Å². The Morgan fingerprint density at radius 1 is 0.800 bits per heavy atom. The summed E-state index contributed by atoms with van der Waals surface area (Å²) in [6.07, 6.45) is 5.38. The molecule has 1 amide bonds. The van der Waals surface area contributed by atoms with Crippen LogP contribution in [0.25, 0.3) is 33.3 Å². The summed E-state index contributed by atoms with van der Waals surface area (Å²) in [7, 11) is 0. The van der Waals surface area contributed by atoms with E-state index in [4.69, 9.17) is 0 Å². The number of carbonyl (C=O) groups is 1. The highest BCUT2D eigenvalue weighted by Crippen LogP contribution is 2.30. The molecular formula is C27H23N7O. The number of carbonyl (C=O) groups excluding carboxylic acids is 1. The fraction of sp³-hybridized carbons (Fsp3) is 0.148. The number of benzene rings is 2. The molecule has 2 aromatic carbocycles. The first kappa shape index (κ1) is 21.0. The first-order valence-corrected chi connectivity index (χ1v) is 11.6. The molecular weight excluding hydrogens is 438 g/mol. The number of rotatable bonds is 4. The highest BCUT2D eigenvalue weighted by Gasteiger charge is 2.27. The zero-order valence-electron chi connectivity index (χ0n) is 19.0. The lowest BCUT2D eigenvalue weighted by Crippen LogP contribution is -2.49. The number of piperazine rings is 1. The zero-order chi connectivity index (χ0) is 23.6. The largest absolute Gasteiger partial charge is 0.361 e. The van der Waals surface area contributed by atoms with Gasteiger partial charge in [-0.3, -0.25) is 4.79 Å². The van der Waals surface area contributed by atoms with E-state index in [2.05, 4.69) is 36.1 Å². The van der Waals surface area contributed by atoms with Gasteiger partial charge in [-0.05, 0) is 41.3 Å². The molecule has 5 aromatic rings. The van der Waals surface area contributed by atoms with E-state index < -0.39 is 0 Å². The average Bonchev–Trinajstić information content (AvgIpc) is 3.41. The molecule has 0 radical (unpaired) electrons. The minimum Gasteiger partial charge on any atom is -0.361 e. The minimum absolute atomic E-state index is 0.116. The van der Waals surface area contributed by atoms with Crippen molar-refractivity contribution in [2.75, 3.05) is 31.1 Å². The van der Waals surface area contributed by atoms with E-state index in [1.807, 2.05) is 65.7 Å². The van der Waals surface area contributed by atoms with Gasteiger partial charge in [0.1, 0.15) is 0 Å². The first-order chi connectivity index (χ1) is 17.3. The number of aromatic amines is 1. The second kappa shape index (κ2) is 8.98. The van der Waals surface area contributed by atoms with Gasteiger partial charge in [-0.15, -0.1) is 10.2 Å². The standard InChI is InChI=1S/C27H23N7O/c35-26(33-13-15-34(16-14-33)27-29-10-4-11-30-27)25-22(20-7-8-23-21(17-20)9-12-28-23)18-24(31-32-25)19-5-2-1-3-6-19/h1-12,17-18,28H,13-16H2. The maximum Gasteiger partial charge on any atom is 0.275 e. The van der Waals surface area contributed by atoms with Crippen molar-refractivity contribution in [3.05, 3.63) is 91.0 Å². The number of nitrogens with one attached hydrogen (secondary N) is 1. The Hall–Kier alpha value is -4.59. The molecule has 1 saturated heterocycles. The molecule has 0 unspecified atom stereocenters. The fourth-order valence-corrected chi connectivity index (χ4v) is 4.45. The highest BCUT2D eigenvalue weighted by molar-refractivity contribution is 6.00. The molecule has 6 rings (SSSR count). The average molecular weight is 462 g/mol. The van der Waals surface area contributed by atoms with Gasteiger partial charge in [0.2, 0.25) is 5.95 Å². The lowest BCUT2D eigenvalue weighted by Gasteiger charge is -2.34. The van der Waals surface area contributed by atoms with Crippen LogP contribution in [0.5, 0.6) is 0 Å². The molecule has 8 heteroatoms. The Labute approximate surface area is 202 Å². The number of fused-ring (bicyclic) bond motifs is 1. The van der Waals surface area contributed by atoms with Crippen LogP contribution in [0.1, 0.15) is 10.5 Å². The number of nitrogens with zero attached hydrogens (tertiary/aromatic N) is 6. The molecule has 1 fully saturated rings. The van der Waals surface area contributed by atoms with Crippen molar-refractivity contribution in [2.24, 2.45) is 0 Å². The van der Waals surface area contributed by atoms with Gasteiger partial charge in [-0.2, -0.15) is 0 Å². The lowest BCUT2D eigenvalue weighted by molar-refractivity contribution is 0.0740. The van der Waals surface area contributed by atoms with E-state index >= 15 is 0 Å². The zero-order valence-corrected chi connectivity index (χ0v) is 19.0. The number of amides is 1. The maximum atomic E-state index is 13.7. The van der Waals surface area contributed by atoms with Crippen LogP contribution in [0.3, 0.4) is 0 Å². The van der Waals surface area contributed by atoms with Crippen LogP contribution in [-0.2, 0) is 0 Å². The first-order valence-electron chi connectivity index (χ1n) is 11.6. The molecule has 4 heterocycles.